The first-order chi connectivity index (χ1) is 19.6. The molecule has 42 heavy (non-hydrogen) atoms. The number of hydrogen-bond donors (Lipinski definition) is 0. The molecule has 230 valence electrons. The number of sulfone groups is 1. The molecule has 7 nitrogen and oxygen atoms in total. The lowest BCUT2D eigenvalue weighted by molar-refractivity contribution is -0.139. The van der Waals surface area contributed by atoms with Crippen molar-refractivity contribution in [3.63, 3.8) is 0 Å². The first kappa shape index (κ1) is 32.5. The molecule has 0 aliphatic carbocycles. The van der Waals surface area contributed by atoms with E-state index in [0.29, 0.717) is 29.2 Å². The van der Waals surface area contributed by atoms with Gasteiger partial charge >= 0.3 is 0 Å². The van der Waals surface area contributed by atoms with E-state index >= 15 is 0 Å². The van der Waals surface area contributed by atoms with Crippen molar-refractivity contribution in [3.05, 3.63) is 65.7 Å². The predicted octanol–water partition coefficient (Wildman–Crippen LogP) is 5.00. The van der Waals surface area contributed by atoms with Gasteiger partial charge in [-0.3, -0.25) is 9.59 Å². The summed E-state index contributed by atoms with van der Waals surface area (Å²) in [5.74, 6) is 1.38. The highest BCUT2D eigenvalue weighted by molar-refractivity contribution is 7.90. The summed E-state index contributed by atoms with van der Waals surface area (Å²) in [7, 11) is -3.23. The Balaban J connectivity index is 0.00000405. The fourth-order valence-electron chi connectivity index (χ4n) is 7.28. The molecule has 2 atom stereocenters. The second kappa shape index (κ2) is 13.5. The number of carbonyl (C=O) groups is 2. The molecule has 3 heterocycles. The Kier molecular flexibility index (Phi) is 10.4. The van der Waals surface area contributed by atoms with E-state index in [1.54, 1.807) is 12.1 Å². The van der Waals surface area contributed by atoms with E-state index in [2.05, 4.69) is 54.0 Å². The standard InChI is InChI=1S/C33H45N3O4S.ClH/c1-4-26(5-2)31(37)36-23-28(30(24-36)27-9-7-6-8-10-27)22-34-18-15-33(16-19-34)17-20-35(32(33)38)21-25-11-13-29(14-12-25)41(3,39)40;/h6-14,26,28,30H,4-5,15-24H2,1-3H3;1H/t28-,30+;/m0./s1. The number of likely N-dealkylation sites (tertiary alicyclic amines) is 3. The maximum Gasteiger partial charge on any atom is 0.229 e. The smallest absolute Gasteiger partial charge is 0.229 e. The van der Waals surface area contributed by atoms with Gasteiger partial charge in [-0.1, -0.05) is 56.3 Å². The molecule has 9 heteroatoms. The SMILES string of the molecule is CCC(CC)C(=O)N1C[C@H](CN2CCC3(CC2)CCN(Cc2ccc(S(C)(=O)=O)cc2)C3=O)[C@@H](c2ccccc2)C1.Cl. The summed E-state index contributed by atoms with van der Waals surface area (Å²) < 4.78 is 23.6. The molecule has 2 aromatic rings. The molecular weight excluding hydrogens is 570 g/mol. The van der Waals surface area contributed by atoms with Crippen LogP contribution in [0.15, 0.2) is 59.5 Å². The number of piperidine rings is 1. The van der Waals surface area contributed by atoms with Crippen molar-refractivity contribution in [3.8, 4) is 0 Å². The third kappa shape index (κ3) is 6.87. The summed E-state index contributed by atoms with van der Waals surface area (Å²) in [6.07, 6.45) is 5.60. The highest BCUT2D eigenvalue weighted by Crippen LogP contribution is 2.43. The highest BCUT2D eigenvalue weighted by Gasteiger charge is 2.48. The van der Waals surface area contributed by atoms with Crippen LogP contribution < -0.4 is 0 Å². The fourth-order valence-corrected chi connectivity index (χ4v) is 7.91. The molecule has 2 aromatic carbocycles. The average Bonchev–Trinajstić information content (AvgIpc) is 3.52. The monoisotopic (exact) mass is 615 g/mol. The van der Waals surface area contributed by atoms with E-state index in [9.17, 15) is 18.0 Å². The summed E-state index contributed by atoms with van der Waals surface area (Å²) in [6.45, 7) is 9.85. The van der Waals surface area contributed by atoms with Crippen molar-refractivity contribution >= 4 is 34.1 Å². The van der Waals surface area contributed by atoms with Gasteiger partial charge in [-0.25, -0.2) is 8.42 Å². The molecule has 5 rings (SSSR count). The molecule has 3 aliphatic rings. The first-order valence-corrected chi connectivity index (χ1v) is 17.2. The molecule has 1 spiro atoms. The maximum absolute atomic E-state index is 13.6. The number of halogens is 1. The van der Waals surface area contributed by atoms with Gasteiger partial charge in [0, 0.05) is 50.8 Å². The van der Waals surface area contributed by atoms with Gasteiger partial charge in [-0.05, 0) is 74.4 Å². The van der Waals surface area contributed by atoms with Crippen molar-refractivity contribution in [2.45, 2.75) is 63.3 Å². The number of carbonyl (C=O) groups excluding carboxylic acids is 2. The van der Waals surface area contributed by atoms with E-state index in [4.69, 9.17) is 0 Å². The minimum atomic E-state index is -3.23. The van der Waals surface area contributed by atoms with Gasteiger partial charge in [-0.2, -0.15) is 0 Å². The van der Waals surface area contributed by atoms with E-state index in [-0.39, 0.29) is 29.6 Å². The Hall–Kier alpha value is -2.42. The molecule has 2 amide bonds. The molecule has 3 fully saturated rings. The van der Waals surface area contributed by atoms with Crippen LogP contribution in [0.2, 0.25) is 0 Å². The van der Waals surface area contributed by atoms with E-state index in [1.807, 2.05) is 17.0 Å². The summed E-state index contributed by atoms with van der Waals surface area (Å²) in [4.78, 5) is 33.8. The lowest BCUT2D eigenvalue weighted by Crippen LogP contribution is -2.46. The van der Waals surface area contributed by atoms with Gasteiger partial charge in [-0.15, -0.1) is 12.4 Å². The molecule has 0 N–H and O–H groups in total. The van der Waals surface area contributed by atoms with Crippen LogP contribution in [0.5, 0.6) is 0 Å². The number of hydrogen-bond acceptors (Lipinski definition) is 5. The topological polar surface area (TPSA) is 78.0 Å². The van der Waals surface area contributed by atoms with E-state index in [1.165, 1.54) is 11.8 Å². The molecule has 0 unspecified atom stereocenters. The zero-order valence-corrected chi connectivity index (χ0v) is 26.8. The summed E-state index contributed by atoms with van der Waals surface area (Å²) in [6, 6.07) is 17.5. The van der Waals surface area contributed by atoms with Crippen molar-refractivity contribution in [2.75, 3.05) is 45.5 Å². The Bertz CT molecular complexity index is 1320. The van der Waals surface area contributed by atoms with Crippen molar-refractivity contribution < 1.29 is 18.0 Å². The number of nitrogens with zero attached hydrogens (tertiary/aromatic N) is 3. The Labute approximate surface area is 258 Å². The van der Waals surface area contributed by atoms with Crippen LogP contribution in [-0.2, 0) is 26.0 Å². The van der Waals surface area contributed by atoms with Gasteiger partial charge in [0.15, 0.2) is 9.84 Å². The zero-order valence-electron chi connectivity index (χ0n) is 25.2. The number of benzene rings is 2. The van der Waals surface area contributed by atoms with Crippen LogP contribution >= 0.6 is 12.4 Å². The minimum Gasteiger partial charge on any atom is -0.341 e. The van der Waals surface area contributed by atoms with Crippen molar-refractivity contribution in [2.24, 2.45) is 17.3 Å². The fraction of sp³-hybridized carbons (Fsp3) is 0.576. The van der Waals surface area contributed by atoms with Crippen LogP contribution in [0.25, 0.3) is 0 Å². The first-order valence-electron chi connectivity index (χ1n) is 15.3. The van der Waals surface area contributed by atoms with Crippen molar-refractivity contribution in [1.82, 2.24) is 14.7 Å². The average molecular weight is 616 g/mol. The van der Waals surface area contributed by atoms with E-state index in [0.717, 1.165) is 76.9 Å². The number of amides is 2. The van der Waals surface area contributed by atoms with Gasteiger partial charge < -0.3 is 14.7 Å². The maximum atomic E-state index is 13.6. The van der Waals surface area contributed by atoms with Crippen LogP contribution in [0.4, 0.5) is 0 Å². The summed E-state index contributed by atoms with van der Waals surface area (Å²) in [5, 5.41) is 0. The van der Waals surface area contributed by atoms with Crippen molar-refractivity contribution in [1.29, 1.82) is 0 Å². The minimum absolute atomic E-state index is 0. The second-order valence-electron chi connectivity index (χ2n) is 12.5. The Morgan fingerprint density at radius 2 is 1.55 bits per heavy atom. The van der Waals surface area contributed by atoms with Gasteiger partial charge in [0.1, 0.15) is 0 Å². The lowest BCUT2D eigenvalue weighted by Gasteiger charge is -2.39. The van der Waals surface area contributed by atoms with Gasteiger partial charge in [0.05, 0.1) is 10.3 Å². The normalized spacial score (nSPS) is 22.6. The molecule has 0 aromatic heterocycles. The quantitative estimate of drug-likeness (QED) is 0.397. The molecule has 0 radical (unpaired) electrons. The molecule has 0 bridgehead atoms. The largest absolute Gasteiger partial charge is 0.341 e. The zero-order chi connectivity index (χ0) is 29.2. The molecule has 3 aliphatic heterocycles. The van der Waals surface area contributed by atoms with Gasteiger partial charge in [0.2, 0.25) is 11.8 Å². The Morgan fingerprint density at radius 1 is 0.929 bits per heavy atom. The highest BCUT2D eigenvalue weighted by atomic mass is 35.5. The number of rotatable bonds is 9. The third-order valence-corrected chi connectivity index (χ3v) is 11.1. The third-order valence-electron chi connectivity index (χ3n) is 9.95. The molecular formula is C33H46ClN3O4S. The van der Waals surface area contributed by atoms with Crippen LogP contribution in [0, 0.1) is 17.3 Å². The van der Waals surface area contributed by atoms with Crippen LogP contribution in [0.3, 0.4) is 0 Å². The molecule has 3 saturated heterocycles. The van der Waals surface area contributed by atoms with Crippen LogP contribution in [-0.4, -0.2) is 80.5 Å². The summed E-state index contributed by atoms with van der Waals surface area (Å²) in [5.41, 5.74) is 1.99. The summed E-state index contributed by atoms with van der Waals surface area (Å²) >= 11 is 0. The second-order valence-corrected chi connectivity index (χ2v) is 14.5. The lowest BCUT2D eigenvalue weighted by atomic mass is 9.76. The van der Waals surface area contributed by atoms with Gasteiger partial charge in [0.25, 0.3) is 0 Å². The van der Waals surface area contributed by atoms with Crippen LogP contribution in [0.1, 0.15) is 63.0 Å². The Morgan fingerprint density at radius 3 is 2.14 bits per heavy atom. The van der Waals surface area contributed by atoms with E-state index < -0.39 is 9.84 Å². The predicted molar refractivity (Wildman–Crippen MR) is 168 cm³/mol. The molecule has 0 saturated carbocycles.